The molecule has 0 aliphatic rings. The van der Waals surface area contributed by atoms with Gasteiger partial charge in [0.1, 0.15) is 0 Å². The van der Waals surface area contributed by atoms with Crippen molar-refractivity contribution < 1.29 is 58.2 Å². The Morgan fingerprint density at radius 3 is 2.44 bits per heavy atom. The Bertz CT molecular complexity index is 150. The minimum Gasteiger partial charge on any atom is -0.424 e. The zero-order valence-corrected chi connectivity index (χ0v) is 11.6. The van der Waals surface area contributed by atoms with Crippen molar-refractivity contribution in [3.8, 4) is 0 Å². The van der Waals surface area contributed by atoms with E-state index >= 15 is 0 Å². The van der Waals surface area contributed by atoms with Gasteiger partial charge >= 0.3 is 58.2 Å². The van der Waals surface area contributed by atoms with Crippen LogP contribution in [0.15, 0.2) is 0 Å². The molecule has 0 aromatic carbocycles. The van der Waals surface area contributed by atoms with Crippen LogP contribution in [0, 0.1) is 6.33 Å². The van der Waals surface area contributed by atoms with E-state index in [1.165, 1.54) is 11.5 Å². The second-order valence-electron chi connectivity index (χ2n) is 1.89. The Morgan fingerprint density at radius 1 is 1.56 bits per heavy atom. The van der Waals surface area contributed by atoms with Crippen molar-refractivity contribution in [1.82, 2.24) is 9.36 Å². The first kappa shape index (κ1) is 10.4. The first-order valence-corrected chi connectivity index (χ1v) is 3.27. The van der Waals surface area contributed by atoms with Crippen LogP contribution < -0.4 is 58.2 Å². The quantitative estimate of drug-likeness (QED) is 0.528. The number of nitrogens with zero attached hydrogens (tertiary/aromatic N) is 2. The predicted molar refractivity (Wildman–Crippen MR) is 32.8 cm³/mol. The summed E-state index contributed by atoms with van der Waals surface area (Å²) < 4.78 is 3.75. The molecule has 9 heavy (non-hydrogen) atoms. The fourth-order valence-electron chi connectivity index (χ4n) is 0.392. The molecule has 0 unspecified atom stereocenters. The molecule has 1 aromatic rings. The first-order chi connectivity index (χ1) is 3.80. The van der Waals surface area contributed by atoms with E-state index in [-0.39, 0.29) is 58.2 Å². The van der Waals surface area contributed by atoms with Gasteiger partial charge < -0.3 is 9.36 Å². The maximum absolute atomic E-state index is 3.90. The van der Waals surface area contributed by atoms with Crippen LogP contribution in [0.2, 0.25) is 0 Å². The Hall–Kier alpha value is 1.37. The van der Waals surface area contributed by atoms with E-state index < -0.39 is 0 Å². The summed E-state index contributed by atoms with van der Waals surface area (Å²) in [6.45, 7) is 4.18. The summed E-state index contributed by atoms with van der Waals surface area (Å²) in [4.78, 5) is 3.90. The molecular formula is C5H7N2RbS. The zero-order valence-electron chi connectivity index (χ0n) is 5.88. The predicted octanol–water partition coefficient (Wildman–Crippen LogP) is -1.53. The number of rotatable bonds is 1. The van der Waals surface area contributed by atoms with Crippen LogP contribution in [0.3, 0.4) is 0 Å². The molecule has 0 aliphatic carbocycles. The molecule has 0 spiro atoms. The van der Waals surface area contributed by atoms with Crippen molar-refractivity contribution >= 4 is 11.5 Å². The van der Waals surface area contributed by atoms with Crippen LogP contribution in [0.4, 0.5) is 0 Å². The molecular weight excluding hydrogens is 206 g/mol. The molecule has 4 heteroatoms. The van der Waals surface area contributed by atoms with Gasteiger partial charge in [-0.3, -0.25) is 0 Å². The number of aromatic nitrogens is 2. The van der Waals surface area contributed by atoms with Gasteiger partial charge in [0.25, 0.3) is 0 Å². The summed E-state index contributed by atoms with van der Waals surface area (Å²) in [6, 6.07) is 0. The number of hydrogen-bond acceptors (Lipinski definition) is 3. The van der Waals surface area contributed by atoms with Crippen LogP contribution in [0.1, 0.15) is 24.8 Å². The van der Waals surface area contributed by atoms with E-state index in [9.17, 15) is 0 Å². The third-order valence-electron chi connectivity index (χ3n) is 0.834. The molecule has 0 bridgehead atoms. The third-order valence-corrected chi connectivity index (χ3v) is 1.76. The van der Waals surface area contributed by atoms with Crippen LogP contribution in [0.5, 0.6) is 0 Å². The van der Waals surface area contributed by atoms with E-state index in [1.807, 2.05) is 0 Å². The molecule has 0 amide bonds. The zero-order chi connectivity index (χ0) is 5.98. The molecule has 1 rings (SSSR count). The number of hydrogen-bond donors (Lipinski definition) is 0. The molecule has 0 aliphatic heterocycles. The standard InChI is InChI=1S/C5H7N2S.Rb/c1-4(2)5-6-3-7-8-5;/h4H,1-2H3;/q-1;+1. The second kappa shape index (κ2) is 5.07. The van der Waals surface area contributed by atoms with E-state index in [0.29, 0.717) is 5.92 Å². The van der Waals surface area contributed by atoms with Gasteiger partial charge in [0.15, 0.2) is 0 Å². The SMILES string of the molecule is CC(C)c1n[c-]ns1.[Rb+]. The third kappa shape index (κ3) is 3.32. The monoisotopic (exact) mass is 212 g/mol. The van der Waals surface area contributed by atoms with Gasteiger partial charge in [0.2, 0.25) is 0 Å². The smallest absolute Gasteiger partial charge is 0.424 e. The molecule has 0 radical (unpaired) electrons. The van der Waals surface area contributed by atoms with Gasteiger partial charge in [-0.25, -0.2) is 0 Å². The molecule has 2 nitrogen and oxygen atoms in total. The summed E-state index contributed by atoms with van der Waals surface area (Å²) in [6.07, 6.45) is 2.53. The minimum absolute atomic E-state index is 0. The van der Waals surface area contributed by atoms with Gasteiger partial charge in [-0.05, 0) is 11.3 Å². The summed E-state index contributed by atoms with van der Waals surface area (Å²) in [5.41, 5.74) is 0. The van der Waals surface area contributed by atoms with Crippen molar-refractivity contribution in [3.05, 3.63) is 11.3 Å². The Kier molecular flexibility index (Phi) is 5.84. The maximum atomic E-state index is 3.90. The van der Waals surface area contributed by atoms with Crippen LogP contribution in [0.25, 0.3) is 0 Å². The van der Waals surface area contributed by atoms with E-state index in [1.54, 1.807) is 0 Å². The van der Waals surface area contributed by atoms with Gasteiger partial charge in [0, 0.05) is 0 Å². The molecule has 0 fully saturated rings. The Labute approximate surface area is 108 Å². The molecule has 0 saturated heterocycles. The summed E-state index contributed by atoms with van der Waals surface area (Å²) in [5.74, 6) is 0.499. The van der Waals surface area contributed by atoms with E-state index in [0.717, 1.165) is 5.01 Å². The van der Waals surface area contributed by atoms with Gasteiger partial charge in [0.05, 0.1) is 0 Å². The molecule has 44 valence electrons. The molecule has 0 saturated carbocycles. The van der Waals surface area contributed by atoms with Gasteiger partial charge in [-0.15, -0.1) is 11.5 Å². The molecule has 0 N–H and O–H groups in total. The normalized spacial score (nSPS) is 9.22. The fraction of sp³-hybridized carbons (Fsp3) is 0.600. The average Bonchev–Trinajstić information content (AvgIpc) is 2.12. The van der Waals surface area contributed by atoms with Crippen molar-refractivity contribution in [2.75, 3.05) is 0 Å². The largest absolute Gasteiger partial charge is 1.00 e. The summed E-state index contributed by atoms with van der Waals surface area (Å²) in [7, 11) is 0. The van der Waals surface area contributed by atoms with Crippen LogP contribution >= 0.6 is 11.5 Å². The van der Waals surface area contributed by atoms with Crippen molar-refractivity contribution in [1.29, 1.82) is 0 Å². The Morgan fingerprint density at radius 2 is 2.22 bits per heavy atom. The fourth-order valence-corrected chi connectivity index (χ4v) is 0.859. The summed E-state index contributed by atoms with van der Waals surface area (Å²) >= 11 is 1.41. The molecule has 1 heterocycles. The van der Waals surface area contributed by atoms with Crippen molar-refractivity contribution in [2.45, 2.75) is 19.8 Å². The van der Waals surface area contributed by atoms with Crippen molar-refractivity contribution in [2.24, 2.45) is 0 Å². The minimum atomic E-state index is 0. The summed E-state index contributed by atoms with van der Waals surface area (Å²) in [5, 5.41) is 1.06. The van der Waals surface area contributed by atoms with E-state index in [4.69, 9.17) is 0 Å². The van der Waals surface area contributed by atoms with Gasteiger partial charge in [-0.2, -0.15) is 0 Å². The molecule has 0 atom stereocenters. The van der Waals surface area contributed by atoms with E-state index in [2.05, 4.69) is 29.5 Å². The second-order valence-corrected chi connectivity index (χ2v) is 2.67. The topological polar surface area (TPSA) is 25.8 Å². The van der Waals surface area contributed by atoms with Gasteiger partial charge in [-0.1, -0.05) is 19.8 Å². The first-order valence-electron chi connectivity index (χ1n) is 2.50. The molecule has 1 aromatic heterocycles. The van der Waals surface area contributed by atoms with Crippen LogP contribution in [-0.2, 0) is 0 Å². The van der Waals surface area contributed by atoms with Crippen molar-refractivity contribution in [3.63, 3.8) is 0 Å². The maximum Gasteiger partial charge on any atom is 1.00 e. The van der Waals surface area contributed by atoms with Crippen LogP contribution in [-0.4, -0.2) is 9.36 Å². The average molecular weight is 213 g/mol. The Balaban J connectivity index is 0.000000640.